The number of rotatable bonds is 8. The number of aryl methyl sites for hydroxylation is 1. The molecule has 2 aromatic heterocycles. The molecule has 47 heavy (non-hydrogen) atoms. The van der Waals surface area contributed by atoms with Crippen LogP contribution < -0.4 is 15.5 Å². The van der Waals surface area contributed by atoms with Crippen LogP contribution in [0.2, 0.25) is 0 Å². The average molecular weight is 678 g/mol. The molecule has 17 heteroatoms. The molecule has 1 amide bonds. The van der Waals surface area contributed by atoms with Crippen molar-refractivity contribution >= 4 is 55.9 Å². The summed E-state index contributed by atoms with van der Waals surface area (Å²) in [5.41, 5.74) is -1.63. The molecule has 0 saturated heterocycles. The Bertz CT molecular complexity index is 2060. The third-order valence-electron chi connectivity index (χ3n) is 6.92. The summed E-state index contributed by atoms with van der Waals surface area (Å²) < 4.78 is 105. The normalized spacial score (nSPS) is 12.3. The maximum atomic E-state index is 13.3. The number of aromatic nitrogens is 4. The number of alkyl halides is 6. The Morgan fingerprint density at radius 1 is 0.915 bits per heavy atom. The van der Waals surface area contributed by atoms with E-state index in [1.807, 2.05) is 0 Å². The van der Waals surface area contributed by atoms with Gasteiger partial charge in [-0.25, -0.2) is 18.4 Å². The molecule has 0 radical (unpaired) electrons. The lowest BCUT2D eigenvalue weighted by Gasteiger charge is -2.19. The van der Waals surface area contributed by atoms with Crippen molar-refractivity contribution in [2.24, 2.45) is 7.05 Å². The molecule has 0 fully saturated rings. The van der Waals surface area contributed by atoms with Gasteiger partial charge in [0.1, 0.15) is 11.3 Å². The van der Waals surface area contributed by atoms with Gasteiger partial charge in [0.15, 0.2) is 9.84 Å². The summed E-state index contributed by atoms with van der Waals surface area (Å²) in [6.45, 7) is 0. The number of fused-ring (bicyclic) bond motifs is 1. The van der Waals surface area contributed by atoms with Crippen molar-refractivity contribution in [2.45, 2.75) is 18.1 Å². The third kappa shape index (κ3) is 7.62. The number of nitrogens with zero attached hydrogens (tertiary/aromatic N) is 5. The number of nitrogens with one attached hydrogen (secondary N) is 2. The van der Waals surface area contributed by atoms with Crippen molar-refractivity contribution in [1.82, 2.24) is 19.5 Å². The van der Waals surface area contributed by atoms with Crippen molar-refractivity contribution in [3.8, 4) is 0 Å². The van der Waals surface area contributed by atoms with Crippen molar-refractivity contribution in [1.29, 1.82) is 0 Å². The highest BCUT2D eigenvalue weighted by molar-refractivity contribution is 7.89. The molecule has 3 aromatic carbocycles. The zero-order chi connectivity index (χ0) is 34.3. The van der Waals surface area contributed by atoms with E-state index in [1.165, 1.54) is 17.8 Å². The van der Waals surface area contributed by atoms with Crippen LogP contribution in [-0.2, 0) is 35.0 Å². The Balaban J connectivity index is 1.43. The minimum absolute atomic E-state index is 0.0574. The molecule has 0 unspecified atom stereocenters. The molecule has 246 valence electrons. The number of hydrogen-bond acceptors (Lipinski definition) is 8. The second-order valence-corrected chi connectivity index (χ2v) is 12.7. The summed E-state index contributed by atoms with van der Waals surface area (Å²) in [5.74, 6) is -0.886. The van der Waals surface area contributed by atoms with Gasteiger partial charge in [0.05, 0.1) is 28.1 Å². The molecule has 0 aliphatic carbocycles. The van der Waals surface area contributed by atoms with Gasteiger partial charge in [-0.3, -0.25) is 10.1 Å². The van der Waals surface area contributed by atoms with E-state index < -0.39 is 44.8 Å². The molecule has 0 bridgehead atoms. The standard InChI is InChI=1S/C30H25F6N7O3S/c1-42(24-10-11-37-27(39-24)38-21-7-4-6-17(12-21)16-47(3,45)46)22-8-5-9-23-25(22)40-28(43(23)2)41-26(44)18-13-19(29(31,32)33)15-20(14-18)30(34,35)36/h4-15H,16H2,1-3H3,(H,37,38,39)(H,40,41,44). The van der Waals surface area contributed by atoms with Crippen molar-refractivity contribution < 1.29 is 39.6 Å². The first-order valence-electron chi connectivity index (χ1n) is 13.6. The largest absolute Gasteiger partial charge is 0.416 e. The Kier molecular flexibility index (Phi) is 8.61. The zero-order valence-electron chi connectivity index (χ0n) is 24.8. The molecule has 5 rings (SSSR count). The van der Waals surface area contributed by atoms with Crippen LogP contribution in [-0.4, -0.2) is 47.1 Å². The van der Waals surface area contributed by atoms with Gasteiger partial charge in [-0.05, 0) is 54.1 Å². The van der Waals surface area contributed by atoms with Crippen LogP contribution in [0.5, 0.6) is 0 Å². The summed E-state index contributed by atoms with van der Waals surface area (Å²) in [4.78, 5) is 27.8. The molecule has 2 N–H and O–H groups in total. The molecule has 10 nitrogen and oxygen atoms in total. The first kappa shape index (κ1) is 33.2. The molecule has 0 spiro atoms. The van der Waals surface area contributed by atoms with Gasteiger partial charge >= 0.3 is 12.4 Å². The predicted molar refractivity (Wildman–Crippen MR) is 163 cm³/mol. The fourth-order valence-corrected chi connectivity index (χ4v) is 5.52. The molecule has 0 saturated carbocycles. The van der Waals surface area contributed by atoms with E-state index in [1.54, 1.807) is 60.5 Å². The van der Waals surface area contributed by atoms with Gasteiger partial charge in [0.25, 0.3) is 5.91 Å². The first-order chi connectivity index (χ1) is 21.9. The highest BCUT2D eigenvalue weighted by atomic mass is 32.2. The van der Waals surface area contributed by atoms with Crippen molar-refractivity contribution in [3.05, 3.63) is 95.2 Å². The number of hydrogen-bond donors (Lipinski definition) is 2. The molecule has 0 aliphatic heterocycles. The van der Waals surface area contributed by atoms with Gasteiger partial charge in [-0.1, -0.05) is 18.2 Å². The number of benzene rings is 3. The minimum atomic E-state index is -5.12. The summed E-state index contributed by atoms with van der Waals surface area (Å²) in [6, 6.07) is 14.1. The first-order valence-corrected chi connectivity index (χ1v) is 15.6. The van der Waals surface area contributed by atoms with Crippen LogP contribution >= 0.6 is 0 Å². The Hall–Kier alpha value is -5.19. The maximum absolute atomic E-state index is 13.3. The topological polar surface area (TPSA) is 122 Å². The van der Waals surface area contributed by atoms with Crippen LogP contribution in [0.25, 0.3) is 11.0 Å². The van der Waals surface area contributed by atoms with E-state index in [0.717, 1.165) is 6.26 Å². The van der Waals surface area contributed by atoms with E-state index in [0.29, 0.717) is 45.9 Å². The molecule has 0 aliphatic rings. The summed E-state index contributed by atoms with van der Waals surface area (Å²) >= 11 is 0. The molecule has 2 heterocycles. The predicted octanol–water partition coefficient (Wildman–Crippen LogP) is 6.71. The van der Waals surface area contributed by atoms with Crippen LogP contribution in [0, 0.1) is 0 Å². The van der Waals surface area contributed by atoms with Crippen LogP contribution in [0.1, 0.15) is 27.0 Å². The number of halogens is 6. The average Bonchev–Trinajstić information content (AvgIpc) is 3.30. The zero-order valence-corrected chi connectivity index (χ0v) is 25.6. The highest BCUT2D eigenvalue weighted by Crippen LogP contribution is 2.37. The Labute approximate surface area is 264 Å². The second-order valence-electron chi connectivity index (χ2n) is 10.6. The monoisotopic (exact) mass is 677 g/mol. The van der Waals surface area contributed by atoms with E-state index in [4.69, 9.17) is 0 Å². The van der Waals surface area contributed by atoms with Gasteiger partial charge in [0, 0.05) is 37.8 Å². The van der Waals surface area contributed by atoms with Gasteiger partial charge in [-0.15, -0.1) is 0 Å². The molecular formula is C30H25F6N7O3S. The Morgan fingerprint density at radius 2 is 1.57 bits per heavy atom. The van der Waals surface area contributed by atoms with E-state index in [-0.39, 0.29) is 23.7 Å². The van der Waals surface area contributed by atoms with Crippen molar-refractivity contribution in [3.63, 3.8) is 0 Å². The number of anilines is 5. The maximum Gasteiger partial charge on any atom is 0.416 e. The van der Waals surface area contributed by atoms with Crippen molar-refractivity contribution in [2.75, 3.05) is 28.8 Å². The number of amides is 1. The number of para-hydroxylation sites is 1. The molecule has 5 aromatic rings. The second kappa shape index (κ2) is 12.2. The summed E-state index contributed by atoms with van der Waals surface area (Å²) in [7, 11) is -0.0456. The van der Waals surface area contributed by atoms with E-state index in [2.05, 4.69) is 25.6 Å². The van der Waals surface area contributed by atoms with Gasteiger partial charge < -0.3 is 14.8 Å². The third-order valence-corrected chi connectivity index (χ3v) is 7.78. The molecular weight excluding hydrogens is 652 g/mol. The minimum Gasteiger partial charge on any atom is -0.327 e. The summed E-state index contributed by atoms with van der Waals surface area (Å²) in [5, 5.41) is 5.36. The van der Waals surface area contributed by atoms with Gasteiger partial charge in [-0.2, -0.15) is 31.3 Å². The smallest absolute Gasteiger partial charge is 0.327 e. The fraction of sp³-hybridized carbons (Fsp3) is 0.200. The number of sulfone groups is 1. The number of carbonyl (C=O) groups is 1. The number of carbonyl (C=O) groups excluding carboxylic acids is 1. The number of imidazole rings is 1. The van der Waals surface area contributed by atoms with E-state index in [9.17, 15) is 39.6 Å². The molecule has 0 atom stereocenters. The lowest BCUT2D eigenvalue weighted by atomic mass is 10.0. The summed E-state index contributed by atoms with van der Waals surface area (Å²) in [6.07, 6.45) is -7.60. The lowest BCUT2D eigenvalue weighted by molar-refractivity contribution is -0.143. The lowest BCUT2D eigenvalue weighted by Crippen LogP contribution is -2.18. The quantitative estimate of drug-likeness (QED) is 0.174. The van der Waals surface area contributed by atoms with Crippen LogP contribution in [0.3, 0.4) is 0 Å². The van der Waals surface area contributed by atoms with Crippen LogP contribution in [0.4, 0.5) is 55.4 Å². The van der Waals surface area contributed by atoms with Crippen LogP contribution in [0.15, 0.2) is 72.9 Å². The highest BCUT2D eigenvalue weighted by Gasteiger charge is 2.37. The SMILES string of the molecule is CN(c1ccnc(Nc2cccc(CS(C)(=O)=O)c2)n1)c1cccc2c1nc(NC(=O)c1cc(C(F)(F)F)cc(C(F)(F)F)c1)n2C. The van der Waals surface area contributed by atoms with Gasteiger partial charge in [0.2, 0.25) is 11.9 Å². The Morgan fingerprint density at radius 3 is 2.21 bits per heavy atom. The fourth-order valence-electron chi connectivity index (χ4n) is 4.73. The van der Waals surface area contributed by atoms with E-state index >= 15 is 0 Å².